The first kappa shape index (κ1) is 43.0. The maximum absolute atomic E-state index is 14.8. The van der Waals surface area contributed by atoms with Gasteiger partial charge in [0.05, 0.1) is 24.1 Å². The molecule has 7 atom stereocenters. The SMILES string of the molecule is CCOc1cnc(O[C@@H]2C[C@H]3C(=O)N[C@]4(C(=O)NS(=O)(=O)C5(C)CC5)C[C@H]4C=CCC[C@@H](C)C[C@@H](C)[C@H](NC(=O)OC(C)(C)C(C)(F)F)C(=O)N3C2)c2ccccc12. The molecule has 0 bridgehead atoms. The molecule has 6 rings (SSSR count). The van der Waals surface area contributed by atoms with Crippen LogP contribution >= 0.6 is 0 Å². The van der Waals surface area contributed by atoms with Gasteiger partial charge in [0.1, 0.15) is 29.5 Å². The Hall–Kier alpha value is -4.54. The van der Waals surface area contributed by atoms with Crippen LogP contribution in [0.4, 0.5) is 13.6 Å². The summed E-state index contributed by atoms with van der Waals surface area (Å²) in [5, 5.41) is 6.75. The van der Waals surface area contributed by atoms with E-state index in [1.165, 1.54) is 11.1 Å². The van der Waals surface area contributed by atoms with E-state index >= 15 is 0 Å². The van der Waals surface area contributed by atoms with Crippen molar-refractivity contribution in [3.05, 3.63) is 42.6 Å². The van der Waals surface area contributed by atoms with Crippen LogP contribution in [-0.2, 0) is 29.1 Å². The van der Waals surface area contributed by atoms with Gasteiger partial charge in [0.2, 0.25) is 27.7 Å². The molecule has 14 nitrogen and oxygen atoms in total. The molecule has 0 unspecified atom stereocenters. The first-order valence-corrected chi connectivity index (χ1v) is 21.5. The molecule has 1 aromatic carbocycles. The summed E-state index contributed by atoms with van der Waals surface area (Å²) in [5.74, 6) is -5.95. The molecule has 318 valence electrons. The van der Waals surface area contributed by atoms with Gasteiger partial charge >= 0.3 is 6.09 Å². The predicted molar refractivity (Wildman–Crippen MR) is 211 cm³/mol. The minimum atomic E-state index is -4.05. The minimum absolute atomic E-state index is 0.0234. The molecule has 1 aromatic heterocycles. The molecular formula is C41H55F2N5O9S. The first-order chi connectivity index (χ1) is 27.1. The van der Waals surface area contributed by atoms with Gasteiger partial charge in [-0.15, -0.1) is 0 Å². The number of hydrogen-bond donors (Lipinski definition) is 3. The molecule has 4 aliphatic rings. The lowest BCUT2D eigenvalue weighted by Crippen LogP contribution is -2.59. The number of hydrogen-bond acceptors (Lipinski definition) is 10. The van der Waals surface area contributed by atoms with Crippen molar-refractivity contribution in [3.8, 4) is 11.6 Å². The van der Waals surface area contributed by atoms with Crippen LogP contribution in [0, 0.1) is 17.8 Å². The summed E-state index contributed by atoms with van der Waals surface area (Å²) in [6, 6.07) is 4.74. The average molecular weight is 832 g/mol. The number of nitrogens with zero attached hydrogens (tertiary/aromatic N) is 2. The third-order valence-electron chi connectivity index (χ3n) is 12.2. The monoisotopic (exact) mass is 831 g/mol. The van der Waals surface area contributed by atoms with Crippen LogP contribution in [0.25, 0.3) is 10.8 Å². The summed E-state index contributed by atoms with van der Waals surface area (Å²) in [4.78, 5) is 62.4. The smallest absolute Gasteiger partial charge is 0.408 e. The van der Waals surface area contributed by atoms with Gasteiger partial charge in [0.15, 0.2) is 5.60 Å². The van der Waals surface area contributed by atoms with Crippen LogP contribution < -0.4 is 24.8 Å². The molecular weight excluding hydrogens is 777 g/mol. The number of halogens is 2. The number of allylic oxidation sites excluding steroid dienone is 1. The standard InChI is InChI=1S/C41H55F2N5O9S/c1-8-55-31-22-44-34(29-16-12-11-15-28(29)31)56-27-20-30-33(49)46-41(36(51)47-58(53,54)39(6)17-18-39)21-26(41)14-10-9-13-24(2)19-25(3)32(35(50)48(30)23-27)45-37(52)57-38(4,5)40(7,42)43/h10-12,14-16,22,24-27,30,32H,8-9,13,17-21,23H2,1-7H3,(H,45,52)(H,46,49)(H,47,51)/t24-,25-,26-,27-,30+,32+,41-/m1/s1. The topological polar surface area (TPSA) is 182 Å². The van der Waals surface area contributed by atoms with Gasteiger partial charge in [-0.05, 0) is 84.1 Å². The zero-order chi connectivity index (χ0) is 42.4. The van der Waals surface area contributed by atoms with Crippen molar-refractivity contribution in [2.75, 3.05) is 13.2 Å². The number of carbonyl (C=O) groups excluding carboxylic acids is 4. The van der Waals surface area contributed by atoms with Crippen molar-refractivity contribution in [1.82, 2.24) is 25.2 Å². The van der Waals surface area contributed by atoms with Crippen molar-refractivity contribution in [2.45, 2.75) is 133 Å². The number of sulfonamides is 1. The molecule has 3 N–H and O–H groups in total. The largest absolute Gasteiger partial charge is 0.492 e. The fourth-order valence-corrected chi connectivity index (χ4v) is 9.05. The van der Waals surface area contributed by atoms with E-state index in [4.69, 9.17) is 14.2 Å². The molecule has 0 radical (unpaired) electrons. The van der Waals surface area contributed by atoms with Crippen LogP contribution in [-0.4, -0.2) is 95.3 Å². The van der Waals surface area contributed by atoms with E-state index in [0.29, 0.717) is 56.8 Å². The normalized spacial score (nSPS) is 28.9. The first-order valence-electron chi connectivity index (χ1n) is 20.0. The Balaban J connectivity index is 1.36. The third kappa shape index (κ3) is 8.74. The number of amides is 4. The van der Waals surface area contributed by atoms with Crippen molar-refractivity contribution in [3.63, 3.8) is 0 Å². The van der Waals surface area contributed by atoms with E-state index in [1.54, 1.807) is 19.9 Å². The number of alkyl halides is 2. The number of carbonyl (C=O) groups is 4. The molecule has 4 amide bonds. The van der Waals surface area contributed by atoms with Gasteiger partial charge in [0.25, 0.3) is 11.8 Å². The number of alkyl carbamates (subject to hydrolysis) is 1. The van der Waals surface area contributed by atoms with Crippen LogP contribution in [0.1, 0.15) is 93.4 Å². The summed E-state index contributed by atoms with van der Waals surface area (Å²) in [6.07, 6.45) is 5.76. The van der Waals surface area contributed by atoms with Gasteiger partial charge in [-0.25, -0.2) is 27.0 Å². The number of benzene rings is 1. The van der Waals surface area contributed by atoms with E-state index in [-0.39, 0.29) is 31.2 Å². The Labute approximate surface area is 338 Å². The fourth-order valence-electron chi connectivity index (χ4n) is 7.74. The maximum atomic E-state index is 14.8. The molecule has 0 spiro atoms. The minimum Gasteiger partial charge on any atom is -0.492 e. The summed E-state index contributed by atoms with van der Waals surface area (Å²) in [7, 11) is -4.05. The predicted octanol–water partition coefficient (Wildman–Crippen LogP) is 5.40. The molecule has 3 heterocycles. The van der Waals surface area contributed by atoms with E-state index in [9.17, 15) is 36.4 Å². The Kier molecular flexibility index (Phi) is 11.8. The maximum Gasteiger partial charge on any atom is 0.408 e. The second-order valence-corrected chi connectivity index (χ2v) is 19.5. The molecule has 17 heteroatoms. The van der Waals surface area contributed by atoms with Gasteiger partial charge in [-0.3, -0.25) is 19.1 Å². The summed E-state index contributed by atoms with van der Waals surface area (Å²) in [6.45, 7) is 10.2. The van der Waals surface area contributed by atoms with Gasteiger partial charge in [-0.1, -0.05) is 44.2 Å². The van der Waals surface area contributed by atoms with Crippen LogP contribution in [0.5, 0.6) is 11.6 Å². The van der Waals surface area contributed by atoms with Gasteiger partial charge in [-0.2, -0.15) is 0 Å². The third-order valence-corrected chi connectivity index (χ3v) is 14.4. The summed E-state index contributed by atoms with van der Waals surface area (Å²) >= 11 is 0. The number of fused-ring (bicyclic) bond motifs is 3. The van der Waals surface area contributed by atoms with E-state index in [2.05, 4.69) is 20.3 Å². The van der Waals surface area contributed by atoms with Crippen LogP contribution in [0.15, 0.2) is 42.6 Å². The zero-order valence-electron chi connectivity index (χ0n) is 34.1. The van der Waals surface area contributed by atoms with Crippen LogP contribution in [0.3, 0.4) is 0 Å². The van der Waals surface area contributed by atoms with Crippen molar-refractivity contribution >= 4 is 44.6 Å². The van der Waals surface area contributed by atoms with Crippen molar-refractivity contribution in [1.29, 1.82) is 0 Å². The van der Waals surface area contributed by atoms with Crippen LogP contribution in [0.2, 0.25) is 0 Å². The molecule has 2 aliphatic carbocycles. The number of nitrogens with one attached hydrogen (secondary N) is 3. The highest BCUT2D eigenvalue weighted by atomic mass is 32.2. The number of rotatable bonds is 10. The quantitative estimate of drug-likeness (QED) is 0.263. The van der Waals surface area contributed by atoms with Gasteiger partial charge < -0.3 is 29.7 Å². The zero-order valence-corrected chi connectivity index (χ0v) is 34.9. The number of ether oxygens (including phenoxy) is 3. The summed E-state index contributed by atoms with van der Waals surface area (Å²) in [5.41, 5.74) is -3.82. The Morgan fingerprint density at radius 2 is 1.78 bits per heavy atom. The molecule has 2 saturated carbocycles. The molecule has 58 heavy (non-hydrogen) atoms. The Bertz CT molecular complexity index is 2070. The highest BCUT2D eigenvalue weighted by Gasteiger charge is 2.63. The Morgan fingerprint density at radius 3 is 2.43 bits per heavy atom. The molecule has 1 saturated heterocycles. The fraction of sp³-hybridized carbons (Fsp3) is 0.634. The molecule has 2 aliphatic heterocycles. The summed E-state index contributed by atoms with van der Waals surface area (Å²) < 4.78 is 73.8. The Morgan fingerprint density at radius 1 is 1.09 bits per heavy atom. The molecule has 2 aromatic rings. The van der Waals surface area contributed by atoms with E-state index in [1.807, 2.05) is 44.2 Å². The van der Waals surface area contributed by atoms with Crippen molar-refractivity contribution in [2.24, 2.45) is 17.8 Å². The van der Waals surface area contributed by atoms with E-state index in [0.717, 1.165) is 19.2 Å². The van der Waals surface area contributed by atoms with E-state index < -0.39 is 85.7 Å². The highest BCUT2D eigenvalue weighted by Crippen LogP contribution is 2.48. The highest BCUT2D eigenvalue weighted by molar-refractivity contribution is 7.91. The number of pyridine rings is 1. The van der Waals surface area contributed by atoms with Crippen molar-refractivity contribution < 1.29 is 50.6 Å². The second-order valence-electron chi connectivity index (χ2n) is 17.3. The average Bonchev–Trinajstić information content (AvgIpc) is 4.02. The lowest BCUT2D eigenvalue weighted by molar-refractivity contribution is -0.152. The lowest BCUT2D eigenvalue weighted by Gasteiger charge is -2.35. The number of aromatic nitrogens is 1. The lowest BCUT2D eigenvalue weighted by atomic mass is 9.88. The van der Waals surface area contributed by atoms with Gasteiger partial charge in [0, 0.05) is 30.0 Å². The second kappa shape index (κ2) is 15.9. The molecule has 3 fully saturated rings.